The number of halogens is 2. The van der Waals surface area contributed by atoms with Crippen LogP contribution in [0.2, 0.25) is 10.0 Å². The van der Waals surface area contributed by atoms with Gasteiger partial charge in [-0.25, -0.2) is 0 Å². The van der Waals surface area contributed by atoms with Gasteiger partial charge >= 0.3 is 0 Å². The van der Waals surface area contributed by atoms with Gasteiger partial charge in [0.25, 0.3) is 0 Å². The normalized spacial score (nSPS) is 12.0. The zero-order valence-electron chi connectivity index (χ0n) is 11.0. The standard InChI is InChI=1S/C15H14Cl2N2O2/c16-10-3-6-14(12(17)8-10)19-15(21)13(18)7-9-1-4-11(20)5-2-9/h1-6,8,13,20H,7,18H2,(H,19,21). The second-order valence-corrected chi connectivity index (χ2v) is 5.43. The first-order valence-corrected chi connectivity index (χ1v) is 7.00. The Kier molecular flexibility index (Phi) is 5.07. The van der Waals surface area contributed by atoms with Gasteiger partial charge in [-0.2, -0.15) is 0 Å². The van der Waals surface area contributed by atoms with E-state index in [9.17, 15) is 9.90 Å². The third-order valence-electron chi connectivity index (χ3n) is 2.92. The maximum Gasteiger partial charge on any atom is 0.241 e. The van der Waals surface area contributed by atoms with Crippen LogP contribution in [0.4, 0.5) is 5.69 Å². The summed E-state index contributed by atoms with van der Waals surface area (Å²) in [5.74, 6) is -0.169. The third kappa shape index (κ3) is 4.36. The first kappa shape index (κ1) is 15.6. The minimum absolute atomic E-state index is 0.171. The summed E-state index contributed by atoms with van der Waals surface area (Å²) in [5.41, 5.74) is 7.20. The van der Waals surface area contributed by atoms with Gasteiger partial charge in [0.2, 0.25) is 5.91 Å². The number of benzene rings is 2. The van der Waals surface area contributed by atoms with Crippen molar-refractivity contribution in [2.45, 2.75) is 12.5 Å². The number of carbonyl (C=O) groups is 1. The molecule has 1 amide bonds. The van der Waals surface area contributed by atoms with E-state index in [1.165, 1.54) is 0 Å². The van der Waals surface area contributed by atoms with E-state index in [4.69, 9.17) is 28.9 Å². The lowest BCUT2D eigenvalue weighted by atomic mass is 10.1. The minimum Gasteiger partial charge on any atom is -0.508 e. The Morgan fingerprint density at radius 3 is 2.48 bits per heavy atom. The van der Waals surface area contributed by atoms with Crippen molar-refractivity contribution in [3.63, 3.8) is 0 Å². The Balaban J connectivity index is 2.00. The fourth-order valence-electron chi connectivity index (χ4n) is 1.79. The number of hydrogen-bond acceptors (Lipinski definition) is 3. The van der Waals surface area contributed by atoms with E-state index < -0.39 is 6.04 Å². The summed E-state index contributed by atoms with van der Waals surface area (Å²) in [6, 6.07) is 10.6. The average molecular weight is 325 g/mol. The second kappa shape index (κ2) is 6.80. The highest BCUT2D eigenvalue weighted by Gasteiger charge is 2.15. The van der Waals surface area contributed by atoms with Crippen LogP contribution >= 0.6 is 23.2 Å². The molecule has 110 valence electrons. The molecule has 0 aliphatic rings. The quantitative estimate of drug-likeness (QED) is 0.808. The van der Waals surface area contributed by atoms with Crippen LogP contribution in [-0.2, 0) is 11.2 Å². The molecule has 0 aromatic heterocycles. The van der Waals surface area contributed by atoms with Crippen LogP contribution in [0.5, 0.6) is 5.75 Å². The highest BCUT2D eigenvalue weighted by atomic mass is 35.5. The largest absolute Gasteiger partial charge is 0.508 e. The van der Waals surface area contributed by atoms with E-state index in [0.717, 1.165) is 5.56 Å². The summed E-state index contributed by atoms with van der Waals surface area (Å²) >= 11 is 11.8. The highest BCUT2D eigenvalue weighted by Crippen LogP contribution is 2.25. The SMILES string of the molecule is NC(Cc1ccc(O)cc1)C(=O)Nc1ccc(Cl)cc1Cl. The molecule has 1 unspecified atom stereocenters. The molecule has 4 N–H and O–H groups in total. The summed E-state index contributed by atoms with van der Waals surface area (Å²) in [7, 11) is 0. The lowest BCUT2D eigenvalue weighted by Crippen LogP contribution is -2.37. The number of anilines is 1. The van der Waals surface area contributed by atoms with E-state index in [1.807, 2.05) is 0 Å². The number of phenolic OH excluding ortho intramolecular Hbond substituents is 1. The molecule has 0 radical (unpaired) electrons. The van der Waals surface area contributed by atoms with Gasteiger partial charge in [0.05, 0.1) is 16.8 Å². The minimum atomic E-state index is -0.721. The van der Waals surface area contributed by atoms with E-state index in [1.54, 1.807) is 42.5 Å². The van der Waals surface area contributed by atoms with Crippen LogP contribution in [0.15, 0.2) is 42.5 Å². The lowest BCUT2D eigenvalue weighted by molar-refractivity contribution is -0.117. The van der Waals surface area contributed by atoms with Gasteiger partial charge in [0.1, 0.15) is 5.75 Å². The van der Waals surface area contributed by atoms with Crippen molar-refractivity contribution in [3.8, 4) is 5.75 Å². The fraction of sp³-hybridized carbons (Fsp3) is 0.133. The predicted octanol–water partition coefficient (Wildman–Crippen LogP) is 3.21. The van der Waals surface area contributed by atoms with Crippen molar-refractivity contribution in [2.75, 3.05) is 5.32 Å². The summed E-state index contributed by atoms with van der Waals surface area (Å²) in [4.78, 5) is 12.0. The van der Waals surface area contributed by atoms with Gasteiger partial charge in [-0.3, -0.25) is 4.79 Å². The number of nitrogens with two attached hydrogens (primary N) is 1. The van der Waals surface area contributed by atoms with E-state index in [2.05, 4.69) is 5.32 Å². The molecule has 0 heterocycles. The molecule has 0 saturated heterocycles. The second-order valence-electron chi connectivity index (χ2n) is 4.59. The highest BCUT2D eigenvalue weighted by molar-refractivity contribution is 6.36. The molecule has 0 saturated carbocycles. The number of amides is 1. The molecule has 0 aliphatic heterocycles. The van der Waals surface area contributed by atoms with Crippen LogP contribution in [-0.4, -0.2) is 17.1 Å². The number of hydrogen-bond donors (Lipinski definition) is 3. The topological polar surface area (TPSA) is 75.3 Å². The zero-order valence-corrected chi connectivity index (χ0v) is 12.5. The van der Waals surface area contributed by atoms with Crippen molar-refractivity contribution in [1.82, 2.24) is 0 Å². The molecule has 1 atom stereocenters. The monoisotopic (exact) mass is 324 g/mol. The van der Waals surface area contributed by atoms with Crippen molar-refractivity contribution in [3.05, 3.63) is 58.1 Å². The van der Waals surface area contributed by atoms with Gasteiger partial charge in [0, 0.05) is 5.02 Å². The van der Waals surface area contributed by atoms with Crippen LogP contribution in [0, 0.1) is 0 Å². The number of nitrogens with one attached hydrogen (secondary N) is 1. The molecule has 0 aliphatic carbocycles. The van der Waals surface area contributed by atoms with Gasteiger partial charge < -0.3 is 16.2 Å². The van der Waals surface area contributed by atoms with Gasteiger partial charge in [-0.1, -0.05) is 35.3 Å². The first-order valence-electron chi connectivity index (χ1n) is 6.25. The Hall–Kier alpha value is -1.75. The molecule has 0 bridgehead atoms. The van der Waals surface area contributed by atoms with Crippen LogP contribution in [0.25, 0.3) is 0 Å². The van der Waals surface area contributed by atoms with Crippen LogP contribution in [0.3, 0.4) is 0 Å². The van der Waals surface area contributed by atoms with Gasteiger partial charge in [0.15, 0.2) is 0 Å². The van der Waals surface area contributed by atoms with E-state index in [-0.39, 0.29) is 11.7 Å². The van der Waals surface area contributed by atoms with Crippen LogP contribution in [0.1, 0.15) is 5.56 Å². The fourth-order valence-corrected chi connectivity index (χ4v) is 2.25. The average Bonchev–Trinajstić information content (AvgIpc) is 2.44. The first-order chi connectivity index (χ1) is 9.95. The van der Waals surface area contributed by atoms with Gasteiger partial charge in [-0.05, 0) is 42.3 Å². The molecule has 0 spiro atoms. The summed E-state index contributed by atoms with van der Waals surface area (Å²) in [6.07, 6.45) is 0.358. The van der Waals surface area contributed by atoms with E-state index in [0.29, 0.717) is 22.2 Å². The zero-order chi connectivity index (χ0) is 15.4. The molecule has 21 heavy (non-hydrogen) atoms. The van der Waals surface area contributed by atoms with Crippen molar-refractivity contribution in [2.24, 2.45) is 5.73 Å². The molecular weight excluding hydrogens is 311 g/mol. The Morgan fingerprint density at radius 2 is 1.86 bits per heavy atom. The molecule has 6 heteroatoms. The molecule has 0 fully saturated rings. The number of rotatable bonds is 4. The van der Waals surface area contributed by atoms with E-state index >= 15 is 0 Å². The Morgan fingerprint density at radius 1 is 1.19 bits per heavy atom. The maximum absolute atomic E-state index is 12.0. The van der Waals surface area contributed by atoms with Gasteiger partial charge in [-0.15, -0.1) is 0 Å². The summed E-state index contributed by atoms with van der Waals surface area (Å²) in [5, 5.41) is 12.7. The number of carbonyl (C=O) groups excluding carboxylic acids is 1. The molecule has 2 aromatic rings. The van der Waals surface area contributed by atoms with Crippen molar-refractivity contribution >= 4 is 34.8 Å². The number of aromatic hydroxyl groups is 1. The summed E-state index contributed by atoms with van der Waals surface area (Å²) < 4.78 is 0. The number of phenols is 1. The Bertz CT molecular complexity index is 645. The molecule has 2 aromatic carbocycles. The molecule has 2 rings (SSSR count). The van der Waals surface area contributed by atoms with Crippen molar-refractivity contribution in [1.29, 1.82) is 0 Å². The Labute approximate surface area is 132 Å². The molecule has 4 nitrogen and oxygen atoms in total. The van der Waals surface area contributed by atoms with Crippen molar-refractivity contribution < 1.29 is 9.90 Å². The molecular formula is C15H14Cl2N2O2. The summed E-state index contributed by atoms with van der Waals surface area (Å²) in [6.45, 7) is 0. The lowest BCUT2D eigenvalue weighted by Gasteiger charge is -2.13. The maximum atomic E-state index is 12.0. The smallest absolute Gasteiger partial charge is 0.241 e. The third-order valence-corrected chi connectivity index (χ3v) is 3.47. The predicted molar refractivity (Wildman–Crippen MR) is 84.9 cm³/mol. The van der Waals surface area contributed by atoms with Crippen LogP contribution < -0.4 is 11.1 Å².